The van der Waals surface area contributed by atoms with Crippen molar-refractivity contribution < 1.29 is 14.0 Å². The van der Waals surface area contributed by atoms with Crippen molar-refractivity contribution in [2.45, 2.75) is 58.5 Å². The molecule has 1 fully saturated rings. The highest BCUT2D eigenvalue weighted by Gasteiger charge is 2.34. The Labute approximate surface area is 257 Å². The number of amides is 2. The molecule has 5 aromatic rings. The standard InChI is InChI=1S/C36H40FN5O2/c1-24-8-4-5-9-28(24)22-40(25(2)43)23-31(18-29-20-38-35-11-7-6-10-32(29)35)42(26(3)44)41-16-14-27(15-17-41)34-21-39-36-13-12-30(37)19-33(34)36/h4-13,19-21,27,31,38-39H,14-18,22-23H2,1-3H3/t31-/m1/s1. The van der Waals surface area contributed by atoms with Gasteiger partial charge in [-0.15, -0.1) is 0 Å². The fourth-order valence-corrected chi connectivity index (χ4v) is 6.87. The molecule has 7 nitrogen and oxygen atoms in total. The number of piperidine rings is 1. The predicted octanol–water partition coefficient (Wildman–Crippen LogP) is 6.70. The van der Waals surface area contributed by atoms with E-state index in [9.17, 15) is 14.0 Å². The molecule has 6 rings (SSSR count). The summed E-state index contributed by atoms with van der Waals surface area (Å²) in [5.74, 6) is -0.0374. The van der Waals surface area contributed by atoms with Gasteiger partial charge in [-0.05, 0) is 78.6 Å². The summed E-state index contributed by atoms with van der Waals surface area (Å²) in [4.78, 5) is 35.1. The Balaban J connectivity index is 1.28. The van der Waals surface area contributed by atoms with Gasteiger partial charge in [0.25, 0.3) is 0 Å². The zero-order valence-corrected chi connectivity index (χ0v) is 25.6. The third-order valence-corrected chi connectivity index (χ3v) is 9.19. The molecule has 0 aliphatic carbocycles. The first-order valence-electron chi connectivity index (χ1n) is 15.4. The number of hydrogen-bond donors (Lipinski definition) is 2. The molecule has 0 spiro atoms. The van der Waals surface area contributed by atoms with Crippen LogP contribution in [0.15, 0.2) is 79.1 Å². The van der Waals surface area contributed by atoms with Crippen LogP contribution in [0.4, 0.5) is 4.39 Å². The van der Waals surface area contributed by atoms with Crippen LogP contribution in [0.1, 0.15) is 54.9 Å². The van der Waals surface area contributed by atoms with Gasteiger partial charge in [0.15, 0.2) is 0 Å². The molecule has 3 heterocycles. The van der Waals surface area contributed by atoms with Crippen LogP contribution in [0.25, 0.3) is 21.8 Å². The van der Waals surface area contributed by atoms with E-state index in [0.717, 1.165) is 56.9 Å². The van der Waals surface area contributed by atoms with Crippen LogP contribution in [0.5, 0.6) is 0 Å². The maximum atomic E-state index is 14.1. The van der Waals surface area contributed by atoms with E-state index in [4.69, 9.17) is 0 Å². The first-order valence-corrected chi connectivity index (χ1v) is 15.4. The third kappa shape index (κ3) is 6.13. The minimum atomic E-state index is -0.265. The van der Waals surface area contributed by atoms with Crippen molar-refractivity contribution >= 4 is 33.6 Å². The summed E-state index contributed by atoms with van der Waals surface area (Å²) < 4.78 is 14.1. The second-order valence-corrected chi connectivity index (χ2v) is 12.1. The van der Waals surface area contributed by atoms with E-state index in [2.05, 4.69) is 46.2 Å². The van der Waals surface area contributed by atoms with Crippen molar-refractivity contribution in [1.29, 1.82) is 0 Å². The minimum absolute atomic E-state index is 0.0223. The van der Waals surface area contributed by atoms with Gasteiger partial charge in [-0.25, -0.2) is 9.40 Å². The highest BCUT2D eigenvalue weighted by molar-refractivity contribution is 5.84. The number of nitrogens with zero attached hydrogens (tertiary/aromatic N) is 3. The molecule has 2 aromatic heterocycles. The Kier molecular flexibility index (Phi) is 8.53. The normalized spacial score (nSPS) is 15.1. The molecule has 1 saturated heterocycles. The van der Waals surface area contributed by atoms with Crippen LogP contribution in [-0.2, 0) is 22.6 Å². The van der Waals surface area contributed by atoms with E-state index >= 15 is 0 Å². The molecule has 3 aromatic carbocycles. The number of benzene rings is 3. The molecule has 0 radical (unpaired) electrons. The Morgan fingerprint density at radius 1 is 0.886 bits per heavy atom. The van der Waals surface area contributed by atoms with Crippen LogP contribution in [0.2, 0.25) is 0 Å². The third-order valence-electron chi connectivity index (χ3n) is 9.19. The van der Waals surface area contributed by atoms with Crippen LogP contribution >= 0.6 is 0 Å². The van der Waals surface area contributed by atoms with Gasteiger partial charge in [0.1, 0.15) is 5.82 Å². The first kappa shape index (κ1) is 29.6. The van der Waals surface area contributed by atoms with Gasteiger partial charge in [0.05, 0.1) is 6.04 Å². The summed E-state index contributed by atoms with van der Waals surface area (Å²) in [6.45, 7) is 7.56. The second kappa shape index (κ2) is 12.7. The number of aromatic amines is 2. The van der Waals surface area contributed by atoms with Crippen molar-refractivity contribution in [2.24, 2.45) is 0 Å². The first-order chi connectivity index (χ1) is 21.3. The Hall–Kier alpha value is -4.43. The van der Waals surface area contributed by atoms with Crippen molar-refractivity contribution in [3.05, 3.63) is 107 Å². The van der Waals surface area contributed by atoms with E-state index in [0.29, 0.717) is 32.6 Å². The fourth-order valence-electron chi connectivity index (χ4n) is 6.87. The molecule has 1 atom stereocenters. The van der Waals surface area contributed by atoms with Gasteiger partial charge in [-0.3, -0.25) is 14.6 Å². The molecule has 1 aliphatic rings. The number of halogens is 1. The summed E-state index contributed by atoms with van der Waals surface area (Å²) in [5.41, 5.74) is 6.46. The summed E-state index contributed by atoms with van der Waals surface area (Å²) in [6, 6.07) is 20.9. The molecule has 8 heteroatoms. The molecule has 0 bridgehead atoms. The molecular formula is C36H40FN5O2. The average Bonchev–Trinajstić information content (AvgIpc) is 3.62. The number of H-pyrrole nitrogens is 2. The highest BCUT2D eigenvalue weighted by Crippen LogP contribution is 2.34. The number of rotatable bonds is 9. The van der Waals surface area contributed by atoms with E-state index in [-0.39, 0.29) is 29.6 Å². The summed E-state index contributed by atoms with van der Waals surface area (Å²) in [6.07, 6.45) is 6.31. The van der Waals surface area contributed by atoms with Crippen LogP contribution in [0, 0.1) is 12.7 Å². The molecule has 228 valence electrons. The number of fused-ring (bicyclic) bond motifs is 2. The number of hydrazine groups is 1. The summed E-state index contributed by atoms with van der Waals surface area (Å²) >= 11 is 0. The Morgan fingerprint density at radius 2 is 1.59 bits per heavy atom. The zero-order valence-electron chi connectivity index (χ0n) is 25.6. The maximum absolute atomic E-state index is 14.1. The number of nitrogens with one attached hydrogen (secondary N) is 2. The second-order valence-electron chi connectivity index (χ2n) is 12.1. The molecule has 0 saturated carbocycles. The molecule has 0 unspecified atom stereocenters. The van der Waals surface area contributed by atoms with Gasteiger partial charge in [-0.1, -0.05) is 42.5 Å². The SMILES string of the molecule is CC(=O)N(Cc1ccccc1C)C[C@@H](Cc1c[nH]c2ccccc12)N(C(C)=O)N1CCC(c2c[nH]c3ccc(F)cc23)CC1. The lowest BCUT2D eigenvalue weighted by Crippen LogP contribution is -2.57. The number of aromatic nitrogens is 2. The molecule has 44 heavy (non-hydrogen) atoms. The van der Waals surface area contributed by atoms with E-state index in [1.54, 1.807) is 26.0 Å². The van der Waals surface area contributed by atoms with Gasteiger partial charge < -0.3 is 14.9 Å². The van der Waals surface area contributed by atoms with Gasteiger partial charge >= 0.3 is 0 Å². The van der Waals surface area contributed by atoms with E-state index in [1.165, 1.54) is 6.07 Å². The van der Waals surface area contributed by atoms with Crippen LogP contribution in [0.3, 0.4) is 0 Å². The topological polar surface area (TPSA) is 75.4 Å². The van der Waals surface area contributed by atoms with E-state index < -0.39 is 0 Å². The van der Waals surface area contributed by atoms with Gasteiger partial charge in [-0.2, -0.15) is 0 Å². The van der Waals surface area contributed by atoms with Crippen molar-refractivity contribution in [2.75, 3.05) is 19.6 Å². The van der Waals surface area contributed by atoms with Crippen LogP contribution < -0.4 is 0 Å². The number of para-hydroxylation sites is 1. The average molecular weight is 594 g/mol. The summed E-state index contributed by atoms with van der Waals surface area (Å²) in [5, 5.41) is 6.12. The van der Waals surface area contributed by atoms with Gasteiger partial charge in [0, 0.05) is 74.2 Å². The lowest BCUT2D eigenvalue weighted by atomic mass is 9.89. The molecule has 2 N–H and O–H groups in total. The fraction of sp³-hybridized carbons (Fsp3) is 0.333. The number of carbonyl (C=O) groups excluding carboxylic acids is 2. The predicted molar refractivity (Wildman–Crippen MR) is 172 cm³/mol. The lowest BCUT2D eigenvalue weighted by Gasteiger charge is -2.44. The largest absolute Gasteiger partial charge is 0.361 e. The maximum Gasteiger partial charge on any atom is 0.234 e. The zero-order chi connectivity index (χ0) is 30.8. The summed E-state index contributed by atoms with van der Waals surface area (Å²) in [7, 11) is 0. The van der Waals surface area contributed by atoms with Gasteiger partial charge in [0.2, 0.25) is 11.8 Å². The number of hydrogen-bond acceptors (Lipinski definition) is 3. The molecule has 2 amide bonds. The number of carbonyl (C=O) groups is 2. The highest BCUT2D eigenvalue weighted by atomic mass is 19.1. The Bertz CT molecular complexity index is 1780. The minimum Gasteiger partial charge on any atom is -0.361 e. The van der Waals surface area contributed by atoms with Crippen molar-refractivity contribution in [3.8, 4) is 0 Å². The molecular weight excluding hydrogens is 553 g/mol. The quantitative estimate of drug-likeness (QED) is 0.200. The van der Waals surface area contributed by atoms with Crippen molar-refractivity contribution in [3.63, 3.8) is 0 Å². The molecule has 1 aliphatic heterocycles. The number of aryl methyl sites for hydroxylation is 1. The van der Waals surface area contributed by atoms with Crippen LogP contribution in [-0.4, -0.2) is 62.4 Å². The monoisotopic (exact) mass is 593 g/mol. The smallest absolute Gasteiger partial charge is 0.234 e. The lowest BCUT2D eigenvalue weighted by molar-refractivity contribution is -0.158. The van der Waals surface area contributed by atoms with E-state index in [1.807, 2.05) is 46.6 Å². The van der Waals surface area contributed by atoms with Crippen molar-refractivity contribution in [1.82, 2.24) is 24.9 Å². The Morgan fingerprint density at radius 3 is 2.34 bits per heavy atom.